The first-order chi connectivity index (χ1) is 9.72. The Morgan fingerprint density at radius 2 is 2.35 bits per heavy atom. The average Bonchev–Trinajstić information content (AvgIpc) is 3.05. The van der Waals surface area contributed by atoms with Gasteiger partial charge in [0.05, 0.1) is 5.69 Å². The molecule has 4 nitrogen and oxygen atoms in total. The van der Waals surface area contributed by atoms with Gasteiger partial charge in [-0.15, -0.1) is 0 Å². The van der Waals surface area contributed by atoms with E-state index in [4.69, 9.17) is 4.74 Å². The van der Waals surface area contributed by atoms with Crippen LogP contribution < -0.4 is 5.32 Å². The summed E-state index contributed by atoms with van der Waals surface area (Å²) in [6.45, 7) is 10.4. The van der Waals surface area contributed by atoms with Crippen molar-refractivity contribution in [1.82, 2.24) is 15.1 Å². The van der Waals surface area contributed by atoms with Crippen LogP contribution in [0.25, 0.3) is 0 Å². The van der Waals surface area contributed by atoms with Crippen molar-refractivity contribution in [2.45, 2.75) is 59.0 Å². The maximum absolute atomic E-state index is 5.52. The second-order valence-electron chi connectivity index (χ2n) is 5.91. The van der Waals surface area contributed by atoms with Crippen LogP contribution in [0.15, 0.2) is 6.07 Å². The smallest absolute Gasteiger partial charge is 0.0596 e. The van der Waals surface area contributed by atoms with Crippen LogP contribution in [0, 0.1) is 12.8 Å². The highest BCUT2D eigenvalue weighted by atomic mass is 16.5. The number of aromatic nitrogens is 2. The summed E-state index contributed by atoms with van der Waals surface area (Å²) in [6.07, 6.45) is 4.69. The van der Waals surface area contributed by atoms with Gasteiger partial charge >= 0.3 is 0 Å². The molecule has 1 N–H and O–H groups in total. The van der Waals surface area contributed by atoms with Crippen molar-refractivity contribution in [3.05, 3.63) is 17.5 Å². The van der Waals surface area contributed by atoms with Gasteiger partial charge in [0.25, 0.3) is 0 Å². The summed E-state index contributed by atoms with van der Waals surface area (Å²) < 4.78 is 7.66. The first kappa shape index (κ1) is 15.5. The van der Waals surface area contributed by atoms with E-state index in [-0.39, 0.29) is 0 Å². The molecule has 1 aromatic heterocycles. The average molecular weight is 279 g/mol. The van der Waals surface area contributed by atoms with Gasteiger partial charge in [-0.1, -0.05) is 6.92 Å². The van der Waals surface area contributed by atoms with Gasteiger partial charge in [-0.05, 0) is 51.6 Å². The third kappa shape index (κ3) is 4.32. The molecule has 1 aliphatic rings. The lowest BCUT2D eigenvalue weighted by Gasteiger charge is -2.21. The van der Waals surface area contributed by atoms with E-state index in [1.807, 2.05) is 0 Å². The van der Waals surface area contributed by atoms with E-state index in [0.717, 1.165) is 44.3 Å². The molecule has 0 aliphatic carbocycles. The monoisotopic (exact) mass is 279 g/mol. The second kappa shape index (κ2) is 7.79. The number of hydrogen-bond donors (Lipinski definition) is 1. The molecular formula is C16H29N3O. The molecule has 0 saturated carbocycles. The molecule has 0 amide bonds. The van der Waals surface area contributed by atoms with Crippen LogP contribution in [0.2, 0.25) is 0 Å². The summed E-state index contributed by atoms with van der Waals surface area (Å²) in [4.78, 5) is 0. The van der Waals surface area contributed by atoms with Gasteiger partial charge in [0, 0.05) is 37.9 Å². The van der Waals surface area contributed by atoms with Crippen molar-refractivity contribution in [3.63, 3.8) is 0 Å². The largest absolute Gasteiger partial charge is 0.381 e. The summed E-state index contributed by atoms with van der Waals surface area (Å²) in [5.41, 5.74) is 2.48. The zero-order valence-electron chi connectivity index (χ0n) is 13.2. The summed E-state index contributed by atoms with van der Waals surface area (Å²) in [7, 11) is 0. The normalized spacial score (nSPS) is 20.4. The highest BCUT2D eigenvalue weighted by molar-refractivity contribution is 5.10. The van der Waals surface area contributed by atoms with Gasteiger partial charge in [-0.2, -0.15) is 5.10 Å². The van der Waals surface area contributed by atoms with E-state index < -0.39 is 0 Å². The minimum absolute atomic E-state index is 0.544. The molecule has 1 aliphatic heterocycles. The summed E-state index contributed by atoms with van der Waals surface area (Å²) in [6, 6.07) is 2.78. The van der Waals surface area contributed by atoms with Gasteiger partial charge in [0.2, 0.25) is 0 Å². The maximum atomic E-state index is 5.52. The van der Waals surface area contributed by atoms with Crippen LogP contribution in [0.4, 0.5) is 0 Å². The minimum Gasteiger partial charge on any atom is -0.381 e. The molecule has 1 saturated heterocycles. The Morgan fingerprint density at radius 3 is 3.00 bits per heavy atom. The van der Waals surface area contributed by atoms with Crippen molar-refractivity contribution in [1.29, 1.82) is 0 Å². The lowest BCUT2D eigenvalue weighted by Crippen LogP contribution is -2.34. The molecule has 114 valence electrons. The molecule has 1 fully saturated rings. The number of aryl methyl sites for hydroxylation is 2. The predicted molar refractivity (Wildman–Crippen MR) is 82.0 cm³/mol. The lowest BCUT2D eigenvalue weighted by atomic mass is 9.96. The molecule has 1 aromatic rings. The molecule has 0 radical (unpaired) electrons. The Hall–Kier alpha value is -0.870. The quantitative estimate of drug-likeness (QED) is 0.795. The molecule has 2 rings (SSSR count). The number of rotatable bonds is 8. The van der Waals surface area contributed by atoms with Crippen molar-refractivity contribution in [2.75, 3.05) is 19.8 Å². The molecule has 0 aromatic carbocycles. The number of nitrogens with one attached hydrogen (secondary N) is 1. The van der Waals surface area contributed by atoms with Crippen LogP contribution in [-0.2, 0) is 17.7 Å². The number of nitrogens with zero attached hydrogens (tertiary/aromatic N) is 2. The molecule has 0 bridgehead atoms. The zero-order valence-corrected chi connectivity index (χ0v) is 13.2. The van der Waals surface area contributed by atoms with Crippen molar-refractivity contribution < 1.29 is 4.74 Å². The fourth-order valence-electron chi connectivity index (χ4n) is 3.05. The fraction of sp³-hybridized carbons (Fsp3) is 0.812. The highest BCUT2D eigenvalue weighted by Crippen LogP contribution is 2.20. The summed E-state index contributed by atoms with van der Waals surface area (Å²) >= 11 is 0. The Bertz CT molecular complexity index is 396. The van der Waals surface area contributed by atoms with Crippen LogP contribution in [0.1, 0.15) is 44.5 Å². The van der Waals surface area contributed by atoms with E-state index >= 15 is 0 Å². The van der Waals surface area contributed by atoms with E-state index in [1.165, 1.54) is 25.0 Å². The topological polar surface area (TPSA) is 39.1 Å². The Kier molecular flexibility index (Phi) is 6.05. The molecule has 0 spiro atoms. The predicted octanol–water partition coefficient (Wildman–Crippen LogP) is 2.55. The van der Waals surface area contributed by atoms with Crippen molar-refractivity contribution in [3.8, 4) is 0 Å². The molecule has 2 atom stereocenters. The minimum atomic E-state index is 0.544. The molecule has 20 heavy (non-hydrogen) atoms. The number of hydrogen-bond acceptors (Lipinski definition) is 3. The Balaban J connectivity index is 1.97. The third-order valence-corrected chi connectivity index (χ3v) is 4.07. The Morgan fingerprint density at radius 1 is 1.50 bits per heavy atom. The molecular weight excluding hydrogens is 250 g/mol. The first-order valence-corrected chi connectivity index (χ1v) is 8.07. The van der Waals surface area contributed by atoms with Gasteiger partial charge in [0.15, 0.2) is 0 Å². The van der Waals surface area contributed by atoms with E-state index in [0.29, 0.717) is 6.04 Å². The second-order valence-corrected chi connectivity index (χ2v) is 5.91. The van der Waals surface area contributed by atoms with Crippen molar-refractivity contribution >= 4 is 0 Å². The van der Waals surface area contributed by atoms with Gasteiger partial charge in [-0.3, -0.25) is 4.68 Å². The zero-order chi connectivity index (χ0) is 14.4. The molecule has 4 heteroatoms. The molecule has 2 unspecified atom stereocenters. The van der Waals surface area contributed by atoms with Gasteiger partial charge in [0.1, 0.15) is 0 Å². The van der Waals surface area contributed by atoms with Crippen LogP contribution >= 0.6 is 0 Å². The van der Waals surface area contributed by atoms with Crippen LogP contribution in [0.3, 0.4) is 0 Å². The summed E-state index contributed by atoms with van der Waals surface area (Å²) in [5, 5.41) is 8.27. The Labute approximate surface area is 122 Å². The SMILES string of the molecule is CCCNC(Cc1cc(C)nn1CC)CC1CCOC1. The third-order valence-electron chi connectivity index (χ3n) is 4.07. The number of ether oxygens (including phenoxy) is 1. The van der Waals surface area contributed by atoms with E-state index in [1.54, 1.807) is 0 Å². The van der Waals surface area contributed by atoms with E-state index in [2.05, 4.69) is 41.9 Å². The first-order valence-electron chi connectivity index (χ1n) is 8.07. The van der Waals surface area contributed by atoms with Crippen LogP contribution in [-0.4, -0.2) is 35.6 Å². The van der Waals surface area contributed by atoms with Gasteiger partial charge in [-0.25, -0.2) is 0 Å². The van der Waals surface area contributed by atoms with Crippen LogP contribution in [0.5, 0.6) is 0 Å². The lowest BCUT2D eigenvalue weighted by molar-refractivity contribution is 0.181. The standard InChI is InChI=1S/C16H29N3O/c1-4-7-17-15(10-14-6-8-20-12-14)11-16-9-13(3)18-19(16)5-2/h9,14-15,17H,4-8,10-12H2,1-3H3. The van der Waals surface area contributed by atoms with Crippen molar-refractivity contribution in [2.24, 2.45) is 5.92 Å². The fourth-order valence-corrected chi connectivity index (χ4v) is 3.05. The summed E-state index contributed by atoms with van der Waals surface area (Å²) in [5.74, 6) is 0.725. The maximum Gasteiger partial charge on any atom is 0.0596 e. The molecule has 2 heterocycles. The van der Waals surface area contributed by atoms with E-state index in [9.17, 15) is 0 Å². The highest BCUT2D eigenvalue weighted by Gasteiger charge is 2.21. The van der Waals surface area contributed by atoms with Gasteiger partial charge < -0.3 is 10.1 Å².